The molecule has 9 heteroatoms. The molecule has 0 aromatic heterocycles. The van der Waals surface area contributed by atoms with Crippen molar-refractivity contribution in [1.82, 2.24) is 10.3 Å². The first kappa shape index (κ1) is 20.2. The molecule has 1 amide bonds. The first-order valence-corrected chi connectivity index (χ1v) is 9.47. The Morgan fingerprint density at radius 2 is 1.92 bits per heavy atom. The summed E-state index contributed by atoms with van der Waals surface area (Å²) in [6.07, 6.45) is -0.949. The molecular formula is C17H18ClFN2O4S. The molecule has 6 nitrogen and oxygen atoms in total. The number of hydrogen-bond acceptors (Lipinski definition) is 4. The van der Waals surface area contributed by atoms with Crippen molar-refractivity contribution in [3.05, 3.63) is 58.4 Å². The summed E-state index contributed by atoms with van der Waals surface area (Å²) in [5.74, 6) is -0.909. The molecule has 0 saturated heterocycles. The number of carbonyl (C=O) groups excluding carboxylic acids is 1. The van der Waals surface area contributed by atoms with Crippen molar-refractivity contribution in [3.8, 4) is 5.75 Å². The third-order valence-electron chi connectivity index (χ3n) is 3.74. The van der Waals surface area contributed by atoms with Crippen molar-refractivity contribution in [3.63, 3.8) is 0 Å². The molecule has 2 rings (SSSR count). The summed E-state index contributed by atoms with van der Waals surface area (Å²) in [7, 11) is -4.10. The summed E-state index contributed by atoms with van der Waals surface area (Å²) < 4.78 is 43.0. The van der Waals surface area contributed by atoms with Gasteiger partial charge in [-0.15, -0.1) is 4.83 Å². The van der Waals surface area contributed by atoms with Crippen LogP contribution in [0.1, 0.15) is 18.1 Å². The molecule has 0 heterocycles. The van der Waals surface area contributed by atoms with E-state index < -0.39 is 27.9 Å². The van der Waals surface area contributed by atoms with Crippen molar-refractivity contribution < 1.29 is 22.3 Å². The number of hydrogen-bond donors (Lipinski definition) is 2. The number of rotatable bonds is 6. The summed E-state index contributed by atoms with van der Waals surface area (Å²) in [6, 6.07) is 8.33. The minimum atomic E-state index is -4.10. The minimum absolute atomic E-state index is 0.285. The summed E-state index contributed by atoms with van der Waals surface area (Å²) >= 11 is 5.58. The van der Waals surface area contributed by atoms with Crippen LogP contribution >= 0.6 is 11.6 Å². The largest absolute Gasteiger partial charge is 0.481 e. The van der Waals surface area contributed by atoms with Gasteiger partial charge < -0.3 is 4.74 Å². The Kier molecular flexibility index (Phi) is 6.22. The summed E-state index contributed by atoms with van der Waals surface area (Å²) in [6.45, 7) is 5.26. The molecular weight excluding hydrogens is 383 g/mol. The van der Waals surface area contributed by atoms with Gasteiger partial charge >= 0.3 is 0 Å². The van der Waals surface area contributed by atoms with E-state index in [9.17, 15) is 17.6 Å². The van der Waals surface area contributed by atoms with E-state index in [0.717, 1.165) is 29.3 Å². The normalized spacial score (nSPS) is 12.5. The SMILES string of the molecule is Cc1cccc(O[C@@H](C)C(=O)NNS(=O)(=O)c2ccc(F)c(Cl)c2)c1C. The molecule has 2 aromatic carbocycles. The van der Waals surface area contributed by atoms with E-state index in [-0.39, 0.29) is 9.92 Å². The highest BCUT2D eigenvalue weighted by atomic mass is 35.5. The van der Waals surface area contributed by atoms with Gasteiger partial charge in [-0.3, -0.25) is 10.2 Å². The Morgan fingerprint density at radius 3 is 2.58 bits per heavy atom. The molecule has 0 saturated carbocycles. The van der Waals surface area contributed by atoms with Crippen LogP contribution in [0.2, 0.25) is 5.02 Å². The number of aryl methyl sites for hydroxylation is 1. The predicted molar refractivity (Wildman–Crippen MR) is 95.9 cm³/mol. The third-order valence-corrected chi connectivity index (χ3v) is 5.27. The van der Waals surface area contributed by atoms with E-state index in [0.29, 0.717) is 5.75 Å². The van der Waals surface area contributed by atoms with Gasteiger partial charge in [0.15, 0.2) is 6.10 Å². The van der Waals surface area contributed by atoms with Crippen LogP contribution in [0.15, 0.2) is 41.3 Å². The van der Waals surface area contributed by atoms with Gasteiger partial charge in [-0.05, 0) is 56.2 Å². The van der Waals surface area contributed by atoms with Crippen LogP contribution < -0.4 is 15.0 Å². The third kappa shape index (κ3) is 4.72. The molecule has 0 fully saturated rings. The number of benzene rings is 2. The topological polar surface area (TPSA) is 84.5 Å². The Labute approximate surface area is 156 Å². The first-order valence-electron chi connectivity index (χ1n) is 7.61. The summed E-state index contributed by atoms with van der Waals surface area (Å²) in [5.41, 5.74) is 3.96. The average molecular weight is 401 g/mol. The first-order chi connectivity index (χ1) is 12.1. The van der Waals surface area contributed by atoms with Gasteiger partial charge in [0.25, 0.3) is 15.9 Å². The molecule has 2 aromatic rings. The van der Waals surface area contributed by atoms with Crippen LogP contribution in [0, 0.1) is 19.7 Å². The molecule has 0 bridgehead atoms. The monoisotopic (exact) mass is 400 g/mol. The van der Waals surface area contributed by atoms with E-state index in [1.54, 1.807) is 12.1 Å². The highest BCUT2D eigenvalue weighted by Gasteiger charge is 2.20. The maximum absolute atomic E-state index is 13.1. The highest BCUT2D eigenvalue weighted by molar-refractivity contribution is 7.89. The molecule has 0 unspecified atom stereocenters. The Bertz CT molecular complexity index is 934. The standard InChI is InChI=1S/C17H18ClFN2O4S/c1-10-5-4-6-16(11(10)2)25-12(3)17(22)20-21-26(23,24)13-7-8-15(19)14(18)9-13/h4-9,12,21H,1-3H3,(H,20,22)/t12-/m0/s1. The van der Waals surface area contributed by atoms with E-state index in [1.165, 1.54) is 6.92 Å². The number of nitrogens with one attached hydrogen (secondary N) is 2. The van der Waals surface area contributed by atoms with Crippen LogP contribution in [0.25, 0.3) is 0 Å². The van der Waals surface area contributed by atoms with Gasteiger partial charge in [-0.25, -0.2) is 12.8 Å². The highest BCUT2D eigenvalue weighted by Crippen LogP contribution is 2.22. The van der Waals surface area contributed by atoms with Crippen LogP contribution in [-0.2, 0) is 14.8 Å². The Hall–Kier alpha value is -2.16. The summed E-state index contributed by atoms with van der Waals surface area (Å²) in [5, 5.41) is -0.342. The smallest absolute Gasteiger partial charge is 0.275 e. The minimum Gasteiger partial charge on any atom is -0.481 e. The Morgan fingerprint density at radius 1 is 1.23 bits per heavy atom. The van der Waals surface area contributed by atoms with E-state index in [4.69, 9.17) is 16.3 Å². The molecule has 0 radical (unpaired) electrons. The number of carbonyl (C=O) groups is 1. The van der Waals surface area contributed by atoms with Gasteiger partial charge in [-0.1, -0.05) is 23.7 Å². The number of amides is 1. The van der Waals surface area contributed by atoms with Gasteiger partial charge in [0.2, 0.25) is 0 Å². The van der Waals surface area contributed by atoms with Gasteiger partial charge in [-0.2, -0.15) is 0 Å². The lowest BCUT2D eigenvalue weighted by molar-refractivity contribution is -0.127. The zero-order valence-electron chi connectivity index (χ0n) is 14.3. The number of ether oxygens (including phenoxy) is 1. The number of hydrazine groups is 1. The quantitative estimate of drug-likeness (QED) is 0.730. The molecule has 0 spiro atoms. The fraction of sp³-hybridized carbons (Fsp3) is 0.235. The maximum Gasteiger partial charge on any atom is 0.275 e. The van der Waals surface area contributed by atoms with Crippen molar-refractivity contribution in [1.29, 1.82) is 0 Å². The number of halogens is 2. The second-order valence-corrected chi connectivity index (χ2v) is 7.72. The van der Waals surface area contributed by atoms with E-state index >= 15 is 0 Å². The van der Waals surface area contributed by atoms with Crippen LogP contribution in [0.3, 0.4) is 0 Å². The molecule has 1 atom stereocenters. The molecule has 140 valence electrons. The Balaban J connectivity index is 2.02. The molecule has 2 N–H and O–H groups in total. The molecule has 26 heavy (non-hydrogen) atoms. The predicted octanol–water partition coefficient (Wildman–Crippen LogP) is 2.87. The molecule has 0 aliphatic carbocycles. The van der Waals surface area contributed by atoms with Crippen molar-refractivity contribution in [2.45, 2.75) is 31.8 Å². The molecule has 0 aliphatic rings. The van der Waals surface area contributed by atoms with Crippen LogP contribution in [-0.4, -0.2) is 20.4 Å². The second-order valence-electron chi connectivity index (χ2n) is 5.63. The number of sulfonamides is 1. The summed E-state index contributed by atoms with van der Waals surface area (Å²) in [4.78, 5) is 13.7. The maximum atomic E-state index is 13.1. The zero-order chi connectivity index (χ0) is 19.5. The van der Waals surface area contributed by atoms with Gasteiger partial charge in [0.1, 0.15) is 11.6 Å². The average Bonchev–Trinajstić information content (AvgIpc) is 2.59. The lowest BCUT2D eigenvalue weighted by Crippen LogP contribution is -2.47. The van der Waals surface area contributed by atoms with E-state index in [1.807, 2.05) is 24.7 Å². The van der Waals surface area contributed by atoms with Crippen LogP contribution in [0.4, 0.5) is 4.39 Å². The lowest BCUT2D eigenvalue weighted by atomic mass is 10.1. The molecule has 0 aliphatic heterocycles. The zero-order valence-corrected chi connectivity index (χ0v) is 15.9. The lowest BCUT2D eigenvalue weighted by Gasteiger charge is -2.17. The van der Waals surface area contributed by atoms with E-state index in [2.05, 4.69) is 5.43 Å². The van der Waals surface area contributed by atoms with Gasteiger partial charge in [0, 0.05) is 0 Å². The van der Waals surface area contributed by atoms with Gasteiger partial charge in [0.05, 0.1) is 9.92 Å². The second kappa shape index (κ2) is 8.03. The van der Waals surface area contributed by atoms with Crippen LogP contribution in [0.5, 0.6) is 5.75 Å². The van der Waals surface area contributed by atoms with Crippen molar-refractivity contribution in [2.24, 2.45) is 0 Å². The fourth-order valence-corrected chi connectivity index (χ4v) is 3.14. The fourth-order valence-electron chi connectivity index (χ4n) is 2.02. The van der Waals surface area contributed by atoms with Crippen molar-refractivity contribution >= 4 is 27.5 Å². The van der Waals surface area contributed by atoms with Crippen molar-refractivity contribution in [2.75, 3.05) is 0 Å².